The first-order valence-corrected chi connectivity index (χ1v) is 7.71. The molecule has 120 valence electrons. The predicted molar refractivity (Wildman–Crippen MR) is 96.4 cm³/mol. The molecule has 0 aliphatic heterocycles. The number of ether oxygens (including phenoxy) is 1. The molecule has 3 aromatic rings. The third kappa shape index (κ3) is 3.98. The van der Waals surface area contributed by atoms with Crippen LogP contribution in [0.15, 0.2) is 71.8 Å². The largest absolute Gasteiger partial charge is 0.483 e. The molecule has 0 bridgehead atoms. The summed E-state index contributed by atoms with van der Waals surface area (Å²) < 4.78 is 5.47. The number of carbonyl (C=O) groups is 1. The zero-order chi connectivity index (χ0) is 16.8. The maximum absolute atomic E-state index is 11.8. The number of hydrazone groups is 1. The Hall–Kier alpha value is -3.14. The summed E-state index contributed by atoms with van der Waals surface area (Å²) >= 11 is 0. The van der Waals surface area contributed by atoms with Gasteiger partial charge in [0.15, 0.2) is 6.61 Å². The lowest BCUT2D eigenvalue weighted by Gasteiger charge is -2.07. The molecule has 0 atom stereocenters. The molecular formula is C20H18N2O2. The lowest BCUT2D eigenvalue weighted by atomic mass is 10.1. The van der Waals surface area contributed by atoms with E-state index in [4.69, 9.17) is 4.74 Å². The summed E-state index contributed by atoms with van der Waals surface area (Å²) in [6, 6.07) is 21.7. The van der Waals surface area contributed by atoms with Crippen LogP contribution >= 0.6 is 0 Å². The number of amides is 1. The summed E-state index contributed by atoms with van der Waals surface area (Å²) in [6.45, 7) is 1.87. The first-order chi connectivity index (χ1) is 11.7. The van der Waals surface area contributed by atoms with Gasteiger partial charge in [0.05, 0.1) is 6.21 Å². The molecule has 4 nitrogen and oxygen atoms in total. The van der Waals surface area contributed by atoms with Gasteiger partial charge in [-0.15, -0.1) is 0 Å². The quantitative estimate of drug-likeness (QED) is 0.576. The van der Waals surface area contributed by atoms with E-state index in [-0.39, 0.29) is 12.5 Å². The van der Waals surface area contributed by atoms with Gasteiger partial charge in [0.1, 0.15) is 5.75 Å². The van der Waals surface area contributed by atoms with Crippen molar-refractivity contribution in [2.45, 2.75) is 6.92 Å². The average molecular weight is 318 g/mol. The number of nitrogens with zero attached hydrogens (tertiary/aromatic N) is 1. The summed E-state index contributed by atoms with van der Waals surface area (Å²) in [5, 5.41) is 6.28. The van der Waals surface area contributed by atoms with Gasteiger partial charge in [0, 0.05) is 0 Å². The highest BCUT2D eigenvalue weighted by molar-refractivity contribution is 5.90. The molecule has 0 radical (unpaired) electrons. The number of para-hydroxylation sites is 1. The second-order valence-corrected chi connectivity index (χ2v) is 5.45. The third-order valence-corrected chi connectivity index (χ3v) is 3.63. The van der Waals surface area contributed by atoms with E-state index in [0.717, 1.165) is 16.5 Å². The minimum Gasteiger partial charge on any atom is -0.483 e. The molecule has 0 heterocycles. The topological polar surface area (TPSA) is 50.7 Å². The minimum absolute atomic E-state index is 0.0695. The molecule has 1 N–H and O–H groups in total. The van der Waals surface area contributed by atoms with Crippen LogP contribution in [0.2, 0.25) is 0 Å². The van der Waals surface area contributed by atoms with Crippen molar-refractivity contribution in [1.82, 2.24) is 5.43 Å². The second-order valence-electron chi connectivity index (χ2n) is 5.45. The van der Waals surface area contributed by atoms with Gasteiger partial charge in [-0.25, -0.2) is 5.43 Å². The zero-order valence-corrected chi connectivity index (χ0v) is 13.4. The van der Waals surface area contributed by atoms with Gasteiger partial charge < -0.3 is 4.74 Å². The fourth-order valence-electron chi connectivity index (χ4n) is 2.36. The van der Waals surface area contributed by atoms with Crippen molar-refractivity contribution < 1.29 is 9.53 Å². The summed E-state index contributed by atoms with van der Waals surface area (Å²) in [5.41, 5.74) is 4.39. The highest BCUT2D eigenvalue weighted by atomic mass is 16.5. The molecule has 0 aliphatic carbocycles. The Bertz CT molecular complexity index is 887. The van der Waals surface area contributed by atoms with Crippen LogP contribution < -0.4 is 10.2 Å². The van der Waals surface area contributed by atoms with Crippen molar-refractivity contribution in [3.63, 3.8) is 0 Å². The molecule has 0 fully saturated rings. The van der Waals surface area contributed by atoms with E-state index in [9.17, 15) is 4.79 Å². The number of rotatable bonds is 5. The van der Waals surface area contributed by atoms with Gasteiger partial charge in [-0.3, -0.25) is 4.79 Å². The van der Waals surface area contributed by atoms with Crippen molar-refractivity contribution in [3.05, 3.63) is 77.9 Å². The molecule has 0 aromatic heterocycles. The Morgan fingerprint density at radius 1 is 1.04 bits per heavy atom. The standard InChI is InChI=1S/C20H18N2O2/c1-15-6-2-5-9-19(15)24-14-20(23)22-21-13-16-10-11-17-7-3-4-8-18(17)12-16/h2-13H,14H2,1H3,(H,22,23)/b21-13+. The smallest absolute Gasteiger partial charge is 0.277 e. The Balaban J connectivity index is 1.55. The SMILES string of the molecule is Cc1ccccc1OCC(=O)N/N=C/c1ccc2ccccc2c1. The molecule has 3 rings (SSSR count). The van der Waals surface area contributed by atoms with E-state index in [2.05, 4.69) is 16.6 Å². The van der Waals surface area contributed by atoms with Crippen LogP contribution in [-0.4, -0.2) is 18.7 Å². The van der Waals surface area contributed by atoms with Crippen molar-refractivity contribution in [2.24, 2.45) is 5.10 Å². The van der Waals surface area contributed by atoms with Gasteiger partial charge in [0.2, 0.25) is 0 Å². The Kier molecular flexibility index (Phi) is 4.87. The first kappa shape index (κ1) is 15.7. The van der Waals surface area contributed by atoms with E-state index in [1.165, 1.54) is 5.39 Å². The summed E-state index contributed by atoms with van der Waals surface area (Å²) in [4.78, 5) is 11.8. The van der Waals surface area contributed by atoms with Crippen LogP contribution in [0, 0.1) is 6.92 Å². The van der Waals surface area contributed by atoms with E-state index < -0.39 is 0 Å². The number of carbonyl (C=O) groups excluding carboxylic acids is 1. The first-order valence-electron chi connectivity index (χ1n) is 7.71. The number of benzene rings is 3. The van der Waals surface area contributed by atoms with E-state index >= 15 is 0 Å². The molecule has 24 heavy (non-hydrogen) atoms. The van der Waals surface area contributed by atoms with Crippen LogP contribution in [0.1, 0.15) is 11.1 Å². The molecule has 4 heteroatoms. The number of hydrogen-bond donors (Lipinski definition) is 1. The number of hydrogen-bond acceptors (Lipinski definition) is 3. The minimum atomic E-state index is -0.296. The Labute approximate surface area is 140 Å². The molecular weight excluding hydrogens is 300 g/mol. The molecule has 0 saturated carbocycles. The third-order valence-electron chi connectivity index (χ3n) is 3.63. The summed E-state index contributed by atoms with van der Waals surface area (Å²) in [5.74, 6) is 0.404. The lowest BCUT2D eigenvalue weighted by Crippen LogP contribution is -2.24. The van der Waals surface area contributed by atoms with Crippen LogP contribution in [0.5, 0.6) is 5.75 Å². The predicted octanol–water partition coefficient (Wildman–Crippen LogP) is 3.68. The van der Waals surface area contributed by atoms with Crippen LogP contribution in [-0.2, 0) is 4.79 Å². The van der Waals surface area contributed by atoms with Crippen molar-refractivity contribution in [1.29, 1.82) is 0 Å². The second kappa shape index (κ2) is 7.42. The van der Waals surface area contributed by atoms with E-state index in [1.54, 1.807) is 6.21 Å². The van der Waals surface area contributed by atoms with Crippen molar-refractivity contribution in [3.8, 4) is 5.75 Å². The van der Waals surface area contributed by atoms with Gasteiger partial charge in [-0.2, -0.15) is 5.10 Å². The van der Waals surface area contributed by atoms with Crippen LogP contribution in [0.3, 0.4) is 0 Å². The highest BCUT2D eigenvalue weighted by Crippen LogP contribution is 2.16. The molecule has 0 unspecified atom stereocenters. The number of fused-ring (bicyclic) bond motifs is 1. The van der Waals surface area contributed by atoms with Crippen molar-refractivity contribution in [2.75, 3.05) is 6.61 Å². The van der Waals surface area contributed by atoms with E-state index in [1.807, 2.05) is 67.6 Å². The number of aryl methyl sites for hydroxylation is 1. The van der Waals surface area contributed by atoms with Crippen molar-refractivity contribution >= 4 is 22.9 Å². The molecule has 0 spiro atoms. The summed E-state index contributed by atoms with van der Waals surface area (Å²) in [7, 11) is 0. The Morgan fingerprint density at radius 2 is 1.79 bits per heavy atom. The van der Waals surface area contributed by atoms with E-state index in [0.29, 0.717) is 5.75 Å². The maximum atomic E-state index is 11.8. The van der Waals surface area contributed by atoms with Gasteiger partial charge in [-0.1, -0.05) is 54.6 Å². The molecule has 0 aliphatic rings. The van der Waals surface area contributed by atoms with Crippen LogP contribution in [0.25, 0.3) is 10.8 Å². The summed E-state index contributed by atoms with van der Waals surface area (Å²) in [6.07, 6.45) is 1.62. The van der Waals surface area contributed by atoms with Gasteiger partial charge in [-0.05, 0) is 41.0 Å². The fraction of sp³-hybridized carbons (Fsp3) is 0.100. The maximum Gasteiger partial charge on any atom is 0.277 e. The monoisotopic (exact) mass is 318 g/mol. The van der Waals surface area contributed by atoms with Gasteiger partial charge >= 0.3 is 0 Å². The van der Waals surface area contributed by atoms with Crippen LogP contribution in [0.4, 0.5) is 0 Å². The molecule has 1 amide bonds. The molecule has 3 aromatic carbocycles. The zero-order valence-electron chi connectivity index (χ0n) is 13.4. The number of nitrogens with one attached hydrogen (secondary N) is 1. The highest BCUT2D eigenvalue weighted by Gasteiger charge is 2.03. The van der Waals surface area contributed by atoms with Gasteiger partial charge in [0.25, 0.3) is 5.91 Å². The lowest BCUT2D eigenvalue weighted by molar-refractivity contribution is -0.123. The normalized spacial score (nSPS) is 10.9. The molecule has 0 saturated heterocycles. The Morgan fingerprint density at radius 3 is 2.62 bits per heavy atom. The average Bonchev–Trinajstić information content (AvgIpc) is 2.61. The fourth-order valence-corrected chi connectivity index (χ4v) is 2.36.